The fourth-order valence-electron chi connectivity index (χ4n) is 3.47. The standard InChI is InChI=1S/C19H21N3O3S/c1-23-13-7-8-16(24-2)14(11-13)15-5-3-9-22(15)12-18-20-19(21-25-18)17-6-4-10-26-17/h4,6-8,10-11,15H,3,5,9,12H2,1-2H3. The van der Waals surface area contributed by atoms with E-state index in [1.54, 1.807) is 25.6 Å². The first kappa shape index (κ1) is 17.1. The Morgan fingerprint density at radius 3 is 2.96 bits per heavy atom. The summed E-state index contributed by atoms with van der Waals surface area (Å²) >= 11 is 1.61. The molecule has 6 nitrogen and oxygen atoms in total. The molecule has 136 valence electrons. The van der Waals surface area contributed by atoms with Crippen LogP contribution in [0.4, 0.5) is 0 Å². The van der Waals surface area contributed by atoms with Crippen LogP contribution in [0.1, 0.15) is 30.3 Å². The van der Waals surface area contributed by atoms with Crippen molar-refractivity contribution in [3.05, 3.63) is 47.2 Å². The highest BCUT2D eigenvalue weighted by Crippen LogP contribution is 2.39. The molecule has 0 spiro atoms. The second-order valence-corrected chi connectivity index (χ2v) is 7.17. The third-order valence-corrected chi connectivity index (χ3v) is 5.57. The Morgan fingerprint density at radius 1 is 1.27 bits per heavy atom. The van der Waals surface area contributed by atoms with Gasteiger partial charge in [0.15, 0.2) is 0 Å². The average Bonchev–Trinajstić information content (AvgIpc) is 3.42. The molecule has 4 rings (SSSR count). The minimum absolute atomic E-state index is 0.247. The lowest BCUT2D eigenvalue weighted by Crippen LogP contribution is -2.23. The second kappa shape index (κ2) is 7.47. The van der Waals surface area contributed by atoms with E-state index < -0.39 is 0 Å². The van der Waals surface area contributed by atoms with Crippen LogP contribution in [0.15, 0.2) is 40.2 Å². The van der Waals surface area contributed by atoms with Gasteiger partial charge < -0.3 is 14.0 Å². The van der Waals surface area contributed by atoms with Gasteiger partial charge in [0, 0.05) is 11.6 Å². The summed E-state index contributed by atoms with van der Waals surface area (Å²) in [6.45, 7) is 1.62. The molecule has 0 radical (unpaired) electrons. The van der Waals surface area contributed by atoms with Crippen molar-refractivity contribution in [2.24, 2.45) is 0 Å². The number of methoxy groups -OCH3 is 2. The van der Waals surface area contributed by atoms with Gasteiger partial charge in [-0.25, -0.2) is 0 Å². The van der Waals surface area contributed by atoms with Crippen LogP contribution in [-0.4, -0.2) is 35.8 Å². The summed E-state index contributed by atoms with van der Waals surface area (Å²) in [5.41, 5.74) is 1.14. The second-order valence-electron chi connectivity index (χ2n) is 6.23. The number of likely N-dealkylation sites (tertiary alicyclic amines) is 1. The van der Waals surface area contributed by atoms with Crippen LogP contribution in [0.3, 0.4) is 0 Å². The maximum Gasteiger partial charge on any atom is 0.241 e. The van der Waals surface area contributed by atoms with Gasteiger partial charge in [-0.05, 0) is 49.0 Å². The lowest BCUT2D eigenvalue weighted by Gasteiger charge is -2.25. The molecular formula is C19H21N3O3S. The summed E-state index contributed by atoms with van der Waals surface area (Å²) in [5, 5.41) is 6.12. The molecule has 26 heavy (non-hydrogen) atoms. The van der Waals surface area contributed by atoms with Crippen molar-refractivity contribution in [2.45, 2.75) is 25.4 Å². The number of aromatic nitrogens is 2. The number of hydrogen-bond donors (Lipinski definition) is 0. The molecule has 0 N–H and O–H groups in total. The van der Waals surface area contributed by atoms with E-state index in [1.165, 1.54) is 0 Å². The molecule has 1 atom stereocenters. The van der Waals surface area contributed by atoms with Crippen LogP contribution < -0.4 is 9.47 Å². The van der Waals surface area contributed by atoms with Crippen LogP contribution in [0.2, 0.25) is 0 Å². The third kappa shape index (κ3) is 3.32. The number of thiophene rings is 1. The van der Waals surface area contributed by atoms with Gasteiger partial charge in [-0.15, -0.1) is 11.3 Å². The fourth-order valence-corrected chi connectivity index (χ4v) is 4.12. The minimum Gasteiger partial charge on any atom is -0.497 e. The lowest BCUT2D eigenvalue weighted by atomic mass is 10.0. The molecule has 0 saturated carbocycles. The number of hydrogen-bond acceptors (Lipinski definition) is 7. The largest absolute Gasteiger partial charge is 0.497 e. The highest BCUT2D eigenvalue weighted by Gasteiger charge is 2.30. The van der Waals surface area contributed by atoms with Gasteiger partial charge in [-0.3, -0.25) is 4.90 Å². The number of nitrogens with zero attached hydrogens (tertiary/aromatic N) is 3. The fraction of sp³-hybridized carbons (Fsp3) is 0.368. The summed E-state index contributed by atoms with van der Waals surface area (Å²) in [4.78, 5) is 7.94. The highest BCUT2D eigenvalue weighted by molar-refractivity contribution is 7.13. The van der Waals surface area contributed by atoms with Crippen molar-refractivity contribution in [2.75, 3.05) is 20.8 Å². The maximum atomic E-state index is 5.58. The predicted molar refractivity (Wildman–Crippen MR) is 99.5 cm³/mol. The first-order valence-corrected chi connectivity index (χ1v) is 9.49. The quantitative estimate of drug-likeness (QED) is 0.649. The summed E-state index contributed by atoms with van der Waals surface area (Å²) in [7, 11) is 3.39. The molecular weight excluding hydrogens is 350 g/mol. The zero-order valence-electron chi connectivity index (χ0n) is 14.8. The average molecular weight is 371 g/mol. The monoisotopic (exact) mass is 371 g/mol. The van der Waals surface area contributed by atoms with Crippen molar-refractivity contribution in [1.29, 1.82) is 0 Å². The Hall–Kier alpha value is -2.38. The van der Waals surface area contributed by atoms with E-state index in [2.05, 4.69) is 21.1 Å². The lowest BCUT2D eigenvalue weighted by molar-refractivity contribution is 0.209. The van der Waals surface area contributed by atoms with Crippen molar-refractivity contribution in [3.63, 3.8) is 0 Å². The smallest absolute Gasteiger partial charge is 0.241 e. The summed E-state index contributed by atoms with van der Waals surface area (Å²) < 4.78 is 16.5. The molecule has 1 aliphatic rings. The van der Waals surface area contributed by atoms with Crippen LogP contribution >= 0.6 is 11.3 Å². The van der Waals surface area contributed by atoms with Gasteiger partial charge in [0.25, 0.3) is 0 Å². The number of ether oxygens (including phenoxy) is 2. The molecule has 0 bridgehead atoms. The van der Waals surface area contributed by atoms with E-state index in [1.807, 2.05) is 29.6 Å². The van der Waals surface area contributed by atoms with Crippen molar-refractivity contribution >= 4 is 11.3 Å². The Kier molecular flexibility index (Phi) is 4.90. The summed E-state index contributed by atoms with van der Waals surface area (Å²) in [6, 6.07) is 10.2. The van der Waals surface area contributed by atoms with E-state index in [-0.39, 0.29) is 6.04 Å². The molecule has 0 aliphatic carbocycles. The Morgan fingerprint density at radius 2 is 2.19 bits per heavy atom. The van der Waals surface area contributed by atoms with Gasteiger partial charge in [0.1, 0.15) is 11.5 Å². The first-order chi connectivity index (χ1) is 12.8. The van der Waals surface area contributed by atoms with Gasteiger partial charge in [0.2, 0.25) is 11.7 Å². The zero-order chi connectivity index (χ0) is 17.9. The summed E-state index contributed by atoms with van der Waals surface area (Å²) in [5.74, 6) is 3.02. The van der Waals surface area contributed by atoms with Crippen LogP contribution in [0.5, 0.6) is 11.5 Å². The molecule has 0 amide bonds. The molecule has 3 heterocycles. The molecule has 7 heteroatoms. The van der Waals surface area contributed by atoms with Crippen molar-refractivity contribution in [3.8, 4) is 22.2 Å². The molecule has 1 aromatic carbocycles. The molecule has 1 unspecified atom stereocenters. The molecule has 1 fully saturated rings. The molecule has 3 aromatic rings. The van der Waals surface area contributed by atoms with Crippen LogP contribution in [-0.2, 0) is 6.54 Å². The molecule has 1 aliphatic heterocycles. The van der Waals surface area contributed by atoms with E-state index in [4.69, 9.17) is 14.0 Å². The van der Waals surface area contributed by atoms with Crippen molar-refractivity contribution in [1.82, 2.24) is 15.0 Å². The predicted octanol–water partition coefficient (Wildman–Crippen LogP) is 4.15. The topological polar surface area (TPSA) is 60.6 Å². The first-order valence-electron chi connectivity index (χ1n) is 8.61. The Bertz CT molecular complexity index is 863. The van der Waals surface area contributed by atoms with Gasteiger partial charge in [0.05, 0.1) is 25.6 Å². The SMILES string of the molecule is COc1ccc(OC)c(C2CCCN2Cc2nc(-c3cccs3)no2)c1. The molecule has 1 saturated heterocycles. The Balaban J connectivity index is 1.56. The maximum absolute atomic E-state index is 5.58. The van der Waals surface area contributed by atoms with Gasteiger partial charge in [-0.2, -0.15) is 4.98 Å². The van der Waals surface area contributed by atoms with Crippen LogP contribution in [0, 0.1) is 0 Å². The zero-order valence-corrected chi connectivity index (χ0v) is 15.7. The highest BCUT2D eigenvalue weighted by atomic mass is 32.1. The Labute approximate surface area is 156 Å². The van der Waals surface area contributed by atoms with E-state index in [9.17, 15) is 0 Å². The van der Waals surface area contributed by atoms with E-state index >= 15 is 0 Å². The van der Waals surface area contributed by atoms with E-state index in [0.29, 0.717) is 18.3 Å². The molecule has 2 aromatic heterocycles. The normalized spacial score (nSPS) is 17.5. The van der Waals surface area contributed by atoms with Gasteiger partial charge >= 0.3 is 0 Å². The van der Waals surface area contributed by atoms with E-state index in [0.717, 1.165) is 41.3 Å². The van der Waals surface area contributed by atoms with Crippen LogP contribution in [0.25, 0.3) is 10.7 Å². The van der Waals surface area contributed by atoms with Crippen molar-refractivity contribution < 1.29 is 14.0 Å². The van der Waals surface area contributed by atoms with Gasteiger partial charge in [-0.1, -0.05) is 11.2 Å². The number of rotatable bonds is 6. The minimum atomic E-state index is 0.247. The number of benzene rings is 1. The summed E-state index contributed by atoms with van der Waals surface area (Å²) in [6.07, 6.45) is 2.19. The third-order valence-electron chi connectivity index (χ3n) is 4.71.